The summed E-state index contributed by atoms with van der Waals surface area (Å²) in [5.74, 6) is -1.89. The van der Waals surface area contributed by atoms with Crippen LogP contribution in [0.4, 0.5) is 17.6 Å². The average molecular weight is 417 g/mol. The summed E-state index contributed by atoms with van der Waals surface area (Å²) in [5, 5.41) is 0. The maximum absolute atomic E-state index is 14.3. The van der Waals surface area contributed by atoms with Crippen LogP contribution in [0.5, 0.6) is 0 Å². The van der Waals surface area contributed by atoms with Gasteiger partial charge in [-0.15, -0.1) is 0 Å². The second-order valence-electron chi connectivity index (χ2n) is 6.25. The first kappa shape index (κ1) is 19.3. The molecule has 0 bridgehead atoms. The van der Waals surface area contributed by atoms with Gasteiger partial charge in [-0.1, -0.05) is 24.3 Å². The highest BCUT2D eigenvalue weighted by Crippen LogP contribution is 2.31. The van der Waals surface area contributed by atoms with Crippen molar-refractivity contribution in [3.63, 3.8) is 0 Å². The zero-order chi connectivity index (χ0) is 21.6. The minimum atomic E-state index is -4.53. The number of imidazole rings is 1. The lowest BCUT2D eigenvalue weighted by Gasteiger charge is -2.09. The number of aromatic nitrogens is 4. The van der Waals surface area contributed by atoms with Crippen LogP contribution in [0.15, 0.2) is 53.3 Å². The normalized spacial score (nSPS) is 11.7. The van der Waals surface area contributed by atoms with Crippen molar-refractivity contribution in [2.75, 3.05) is 0 Å². The lowest BCUT2D eigenvalue weighted by molar-refractivity contribution is -0.137. The summed E-state index contributed by atoms with van der Waals surface area (Å²) >= 11 is 0. The molecule has 0 aliphatic carbocycles. The van der Waals surface area contributed by atoms with Crippen molar-refractivity contribution in [2.24, 2.45) is 5.73 Å². The maximum Gasteiger partial charge on any atom is 0.416 e. The lowest BCUT2D eigenvalue weighted by Crippen LogP contribution is -2.16. The number of halogens is 4. The molecule has 4 rings (SSSR count). The number of primary amides is 1. The van der Waals surface area contributed by atoms with Gasteiger partial charge in [-0.3, -0.25) is 4.79 Å². The van der Waals surface area contributed by atoms with Crippen LogP contribution in [0.3, 0.4) is 0 Å². The predicted molar refractivity (Wildman–Crippen MR) is 98.4 cm³/mol. The quantitative estimate of drug-likeness (QED) is 0.500. The molecule has 2 aromatic carbocycles. The fraction of sp³-hybridized carbons (Fsp3) is 0.0526. The van der Waals surface area contributed by atoms with Crippen LogP contribution in [-0.2, 0) is 6.18 Å². The van der Waals surface area contributed by atoms with Gasteiger partial charge >= 0.3 is 11.9 Å². The van der Waals surface area contributed by atoms with E-state index in [0.717, 1.165) is 34.9 Å². The molecule has 2 heterocycles. The molecule has 11 heteroatoms. The summed E-state index contributed by atoms with van der Waals surface area (Å²) in [6.45, 7) is 0. The number of benzene rings is 2. The minimum Gasteiger partial charge on any atom is -0.364 e. The Labute approximate surface area is 164 Å². The van der Waals surface area contributed by atoms with Gasteiger partial charge in [-0.05, 0) is 24.3 Å². The number of H-pyrrole nitrogens is 1. The Morgan fingerprint density at radius 1 is 1.03 bits per heavy atom. The zero-order valence-corrected chi connectivity index (χ0v) is 14.9. The third-order valence-electron chi connectivity index (χ3n) is 4.33. The van der Waals surface area contributed by atoms with Gasteiger partial charge in [-0.2, -0.15) is 13.2 Å². The third kappa shape index (κ3) is 3.19. The second kappa shape index (κ2) is 6.79. The molecule has 0 atom stereocenters. The topological polar surface area (TPSA) is 107 Å². The van der Waals surface area contributed by atoms with E-state index in [2.05, 4.69) is 15.0 Å². The molecule has 0 aliphatic heterocycles. The lowest BCUT2D eigenvalue weighted by atomic mass is 10.1. The van der Waals surface area contributed by atoms with E-state index in [4.69, 9.17) is 5.73 Å². The summed E-state index contributed by atoms with van der Waals surface area (Å²) in [4.78, 5) is 34.9. The molecule has 152 valence electrons. The number of alkyl halides is 3. The smallest absolute Gasteiger partial charge is 0.364 e. The average Bonchev–Trinajstić information content (AvgIpc) is 3.02. The Bertz CT molecular complexity index is 1340. The van der Waals surface area contributed by atoms with Crippen molar-refractivity contribution in [1.29, 1.82) is 0 Å². The molecular weight excluding hydrogens is 406 g/mol. The Kier molecular flexibility index (Phi) is 4.37. The van der Waals surface area contributed by atoms with Crippen LogP contribution in [0.1, 0.15) is 16.1 Å². The second-order valence-corrected chi connectivity index (χ2v) is 6.25. The van der Waals surface area contributed by atoms with E-state index >= 15 is 0 Å². The van der Waals surface area contributed by atoms with Crippen LogP contribution in [0.2, 0.25) is 0 Å². The summed E-state index contributed by atoms with van der Waals surface area (Å²) < 4.78 is 53.6. The Balaban J connectivity index is 1.99. The number of carbonyl (C=O) groups is 1. The fourth-order valence-corrected chi connectivity index (χ4v) is 2.96. The minimum absolute atomic E-state index is 0.119. The van der Waals surface area contributed by atoms with Crippen molar-refractivity contribution < 1.29 is 22.4 Å². The highest BCUT2D eigenvalue weighted by atomic mass is 19.4. The number of nitrogens with two attached hydrogens (primary N) is 1. The molecule has 30 heavy (non-hydrogen) atoms. The van der Waals surface area contributed by atoms with Gasteiger partial charge in [0, 0.05) is 5.56 Å². The van der Waals surface area contributed by atoms with Crippen molar-refractivity contribution >= 4 is 17.1 Å². The van der Waals surface area contributed by atoms with Crippen LogP contribution in [-0.4, -0.2) is 25.4 Å². The number of para-hydroxylation sites is 1. The summed E-state index contributed by atoms with van der Waals surface area (Å²) in [7, 11) is 0. The first-order valence-electron chi connectivity index (χ1n) is 8.42. The summed E-state index contributed by atoms with van der Waals surface area (Å²) in [5.41, 5.74) is 3.05. The molecular formula is C19H11F4N5O2. The van der Waals surface area contributed by atoms with E-state index in [9.17, 15) is 27.2 Å². The fourth-order valence-electron chi connectivity index (χ4n) is 2.96. The van der Waals surface area contributed by atoms with E-state index < -0.39 is 29.2 Å². The first-order chi connectivity index (χ1) is 14.2. The number of rotatable bonds is 3. The predicted octanol–water partition coefficient (Wildman–Crippen LogP) is 3.03. The number of amides is 1. The van der Waals surface area contributed by atoms with Crippen LogP contribution in [0, 0.1) is 5.82 Å². The molecule has 1 amide bonds. The molecule has 7 nitrogen and oxygen atoms in total. The number of nitrogens with zero attached hydrogens (tertiary/aromatic N) is 3. The van der Waals surface area contributed by atoms with Gasteiger partial charge in [0.15, 0.2) is 17.2 Å². The molecule has 2 aromatic heterocycles. The van der Waals surface area contributed by atoms with E-state index in [-0.39, 0.29) is 33.9 Å². The first-order valence-corrected chi connectivity index (χ1v) is 8.42. The number of hydrogen-bond acceptors (Lipinski definition) is 4. The molecule has 0 aliphatic rings. The number of carbonyl (C=O) groups excluding carboxylic acids is 1. The molecule has 0 saturated heterocycles. The summed E-state index contributed by atoms with van der Waals surface area (Å²) in [6.07, 6.45) is -4.53. The van der Waals surface area contributed by atoms with E-state index in [0.29, 0.717) is 0 Å². The molecule has 4 aromatic rings. The Morgan fingerprint density at radius 2 is 1.70 bits per heavy atom. The van der Waals surface area contributed by atoms with Crippen molar-refractivity contribution in [1.82, 2.24) is 19.5 Å². The Morgan fingerprint density at radius 3 is 2.30 bits per heavy atom. The van der Waals surface area contributed by atoms with Crippen molar-refractivity contribution in [2.45, 2.75) is 6.18 Å². The van der Waals surface area contributed by atoms with Crippen LogP contribution >= 0.6 is 0 Å². The maximum atomic E-state index is 14.3. The van der Waals surface area contributed by atoms with Gasteiger partial charge in [0.05, 0.1) is 11.3 Å². The Hall–Kier alpha value is -4.02. The molecule has 0 fully saturated rings. The number of hydrogen-bond donors (Lipinski definition) is 2. The van der Waals surface area contributed by atoms with E-state index in [1.807, 2.05) is 0 Å². The van der Waals surface area contributed by atoms with Gasteiger partial charge < -0.3 is 10.7 Å². The number of nitrogens with one attached hydrogen (secondary N) is 1. The van der Waals surface area contributed by atoms with Gasteiger partial charge in [-0.25, -0.2) is 23.7 Å². The van der Waals surface area contributed by atoms with Crippen molar-refractivity contribution in [3.8, 4) is 17.1 Å². The third-order valence-corrected chi connectivity index (χ3v) is 4.33. The molecule has 0 spiro atoms. The van der Waals surface area contributed by atoms with E-state index in [1.54, 1.807) is 0 Å². The molecule has 0 saturated carbocycles. The summed E-state index contributed by atoms with van der Waals surface area (Å²) in [6, 6.07) is 9.27. The van der Waals surface area contributed by atoms with Gasteiger partial charge in [0.2, 0.25) is 0 Å². The largest absolute Gasteiger partial charge is 0.416 e. The zero-order valence-electron chi connectivity index (χ0n) is 14.9. The van der Waals surface area contributed by atoms with Crippen LogP contribution in [0.25, 0.3) is 28.2 Å². The highest BCUT2D eigenvalue weighted by molar-refractivity contribution is 6.02. The monoisotopic (exact) mass is 417 g/mol. The standard InChI is InChI=1S/C19H11F4N5O2/c20-11-3-1-2-4-12(11)28-17-14(26-18(28)30)13(15(24)29)25-16(27-17)9-5-7-10(8-6-9)19(21,22)23/h1-8H,(H2,24,29)(H,26,30). The van der Waals surface area contributed by atoms with Gasteiger partial charge in [0.25, 0.3) is 5.91 Å². The number of fused-ring (bicyclic) bond motifs is 1. The number of aromatic amines is 1. The molecule has 0 unspecified atom stereocenters. The molecule has 3 N–H and O–H groups in total. The van der Waals surface area contributed by atoms with Crippen LogP contribution < -0.4 is 11.4 Å². The van der Waals surface area contributed by atoms with Gasteiger partial charge in [0.1, 0.15) is 11.3 Å². The van der Waals surface area contributed by atoms with Crippen molar-refractivity contribution in [3.05, 3.63) is 76.1 Å². The molecule has 0 radical (unpaired) electrons. The highest BCUT2D eigenvalue weighted by Gasteiger charge is 2.30. The SMILES string of the molecule is NC(=O)c1nc(-c2ccc(C(F)(F)F)cc2)nc2c1[nH]c(=O)n2-c1ccccc1F. The van der Waals surface area contributed by atoms with E-state index in [1.165, 1.54) is 18.2 Å².